The van der Waals surface area contributed by atoms with Gasteiger partial charge in [0.2, 0.25) is 0 Å². The zero-order chi connectivity index (χ0) is 12.0. The molecule has 0 aromatic rings. The minimum atomic E-state index is -0.533. The number of hydrogen-bond donors (Lipinski definition) is 1. The molecule has 1 fully saturated rings. The van der Waals surface area contributed by atoms with Crippen LogP contribution in [0.15, 0.2) is 0 Å². The van der Waals surface area contributed by atoms with Gasteiger partial charge in [-0.15, -0.1) is 0 Å². The summed E-state index contributed by atoms with van der Waals surface area (Å²) in [6.45, 7) is 4.72. The van der Waals surface area contributed by atoms with Crippen LogP contribution >= 0.6 is 0 Å². The number of piperidine rings is 1. The molecule has 1 rings (SSSR count). The van der Waals surface area contributed by atoms with Crippen LogP contribution in [0.1, 0.15) is 32.6 Å². The Hall–Kier alpha value is -0.610. The Morgan fingerprint density at radius 1 is 1.50 bits per heavy atom. The molecule has 1 aliphatic heterocycles. The number of carbonyl (C=O) groups is 1. The van der Waals surface area contributed by atoms with Crippen molar-refractivity contribution in [2.24, 2.45) is 5.92 Å². The highest BCUT2D eigenvalue weighted by Gasteiger charge is 2.33. The summed E-state index contributed by atoms with van der Waals surface area (Å²) in [5.41, 5.74) is 0. The van der Waals surface area contributed by atoms with Crippen LogP contribution in [0.25, 0.3) is 0 Å². The largest absolute Gasteiger partial charge is 0.469 e. The Labute approximate surface area is 97.6 Å². The molecule has 4 nitrogen and oxygen atoms in total. The van der Waals surface area contributed by atoms with Crippen LogP contribution in [0.3, 0.4) is 0 Å². The smallest absolute Gasteiger partial charge is 0.312 e. The standard InChI is InChI=1S/C12H23NO3/c1-3-4-5-7-13-8-6-11(14)10(9-13)12(15)16-2/h10-11,14H,3-9H2,1-2H3. The van der Waals surface area contributed by atoms with Gasteiger partial charge in [-0.25, -0.2) is 0 Å². The molecular formula is C12H23NO3. The maximum absolute atomic E-state index is 11.4. The zero-order valence-electron chi connectivity index (χ0n) is 10.3. The predicted molar refractivity (Wildman–Crippen MR) is 62.1 cm³/mol. The summed E-state index contributed by atoms with van der Waals surface area (Å²) in [6.07, 6.45) is 3.74. The van der Waals surface area contributed by atoms with Crippen LogP contribution in [0.4, 0.5) is 0 Å². The molecule has 94 valence electrons. The number of methoxy groups -OCH3 is 1. The Balaban J connectivity index is 2.38. The monoisotopic (exact) mass is 229 g/mol. The van der Waals surface area contributed by atoms with E-state index in [1.54, 1.807) is 0 Å². The number of hydrogen-bond acceptors (Lipinski definition) is 4. The quantitative estimate of drug-likeness (QED) is 0.565. The first-order valence-corrected chi connectivity index (χ1v) is 6.17. The van der Waals surface area contributed by atoms with Crippen molar-refractivity contribution in [3.63, 3.8) is 0 Å². The third-order valence-electron chi connectivity index (χ3n) is 3.24. The van der Waals surface area contributed by atoms with Gasteiger partial charge in [0, 0.05) is 13.1 Å². The second-order valence-corrected chi connectivity index (χ2v) is 4.49. The fourth-order valence-corrected chi connectivity index (χ4v) is 2.18. The predicted octanol–water partition coefficient (Wildman–Crippen LogP) is 1.03. The first kappa shape index (κ1) is 13.5. The lowest BCUT2D eigenvalue weighted by atomic mass is 9.94. The molecule has 0 saturated carbocycles. The highest BCUT2D eigenvalue weighted by Crippen LogP contribution is 2.19. The van der Waals surface area contributed by atoms with Crippen LogP contribution in [-0.4, -0.2) is 48.8 Å². The van der Waals surface area contributed by atoms with Gasteiger partial charge in [0.15, 0.2) is 0 Å². The van der Waals surface area contributed by atoms with E-state index in [9.17, 15) is 9.90 Å². The van der Waals surface area contributed by atoms with Crippen molar-refractivity contribution in [2.45, 2.75) is 38.7 Å². The first-order chi connectivity index (χ1) is 7.69. The van der Waals surface area contributed by atoms with Crippen LogP contribution in [-0.2, 0) is 9.53 Å². The fraction of sp³-hybridized carbons (Fsp3) is 0.917. The third kappa shape index (κ3) is 3.76. The second-order valence-electron chi connectivity index (χ2n) is 4.49. The van der Waals surface area contributed by atoms with E-state index in [0.717, 1.165) is 13.1 Å². The highest BCUT2D eigenvalue weighted by atomic mass is 16.5. The molecule has 1 heterocycles. The van der Waals surface area contributed by atoms with Gasteiger partial charge in [-0.3, -0.25) is 4.79 Å². The Morgan fingerprint density at radius 3 is 2.88 bits per heavy atom. The Morgan fingerprint density at radius 2 is 2.25 bits per heavy atom. The lowest BCUT2D eigenvalue weighted by Gasteiger charge is -2.34. The number of esters is 1. The summed E-state index contributed by atoms with van der Waals surface area (Å²) in [4.78, 5) is 13.7. The van der Waals surface area contributed by atoms with Gasteiger partial charge >= 0.3 is 5.97 Å². The van der Waals surface area contributed by atoms with E-state index in [2.05, 4.69) is 11.8 Å². The molecule has 0 amide bonds. The average molecular weight is 229 g/mol. The Kier molecular flexibility index (Phi) is 5.77. The van der Waals surface area contributed by atoms with Gasteiger partial charge in [-0.05, 0) is 19.4 Å². The number of nitrogens with zero attached hydrogens (tertiary/aromatic N) is 1. The number of rotatable bonds is 5. The third-order valence-corrected chi connectivity index (χ3v) is 3.24. The topological polar surface area (TPSA) is 49.8 Å². The van der Waals surface area contributed by atoms with E-state index in [1.165, 1.54) is 26.4 Å². The van der Waals surface area contributed by atoms with Crippen molar-refractivity contribution in [2.75, 3.05) is 26.7 Å². The second kappa shape index (κ2) is 6.86. The normalized spacial score (nSPS) is 26.7. The number of carbonyl (C=O) groups excluding carboxylic acids is 1. The maximum Gasteiger partial charge on any atom is 0.312 e. The van der Waals surface area contributed by atoms with Crippen LogP contribution in [0.5, 0.6) is 0 Å². The highest BCUT2D eigenvalue weighted by molar-refractivity contribution is 5.73. The van der Waals surface area contributed by atoms with Gasteiger partial charge in [0.25, 0.3) is 0 Å². The van der Waals surface area contributed by atoms with Gasteiger partial charge < -0.3 is 14.7 Å². The van der Waals surface area contributed by atoms with Gasteiger partial charge in [-0.2, -0.15) is 0 Å². The van der Waals surface area contributed by atoms with Crippen LogP contribution < -0.4 is 0 Å². The van der Waals surface area contributed by atoms with E-state index >= 15 is 0 Å². The minimum absolute atomic E-state index is 0.285. The van der Waals surface area contributed by atoms with Crippen molar-refractivity contribution < 1.29 is 14.6 Å². The van der Waals surface area contributed by atoms with E-state index < -0.39 is 6.10 Å². The molecule has 0 bridgehead atoms. The summed E-state index contributed by atoms with van der Waals surface area (Å²) in [7, 11) is 1.38. The van der Waals surface area contributed by atoms with E-state index in [0.29, 0.717) is 13.0 Å². The van der Waals surface area contributed by atoms with E-state index in [1.807, 2.05) is 0 Å². The summed E-state index contributed by atoms with van der Waals surface area (Å²) in [5, 5.41) is 9.73. The fourth-order valence-electron chi connectivity index (χ4n) is 2.18. The van der Waals surface area contributed by atoms with Crippen LogP contribution in [0, 0.1) is 5.92 Å². The lowest BCUT2D eigenvalue weighted by molar-refractivity contribution is -0.152. The van der Waals surface area contributed by atoms with Gasteiger partial charge in [-0.1, -0.05) is 19.8 Å². The number of unbranched alkanes of at least 4 members (excludes halogenated alkanes) is 2. The van der Waals surface area contributed by atoms with Crippen molar-refractivity contribution in [3.05, 3.63) is 0 Å². The maximum atomic E-state index is 11.4. The number of aliphatic hydroxyl groups excluding tert-OH is 1. The average Bonchev–Trinajstić information content (AvgIpc) is 2.30. The molecule has 0 spiro atoms. The summed E-state index contributed by atoms with van der Waals surface area (Å²) in [6, 6.07) is 0. The molecule has 0 aromatic heterocycles. The van der Waals surface area contributed by atoms with Crippen molar-refractivity contribution in [1.82, 2.24) is 4.90 Å². The zero-order valence-corrected chi connectivity index (χ0v) is 10.3. The molecular weight excluding hydrogens is 206 g/mol. The lowest BCUT2D eigenvalue weighted by Crippen LogP contribution is -2.47. The van der Waals surface area contributed by atoms with Gasteiger partial charge in [0.1, 0.15) is 0 Å². The molecule has 1 saturated heterocycles. The molecule has 0 aliphatic carbocycles. The van der Waals surface area contributed by atoms with Crippen molar-refractivity contribution >= 4 is 5.97 Å². The summed E-state index contributed by atoms with van der Waals surface area (Å²) >= 11 is 0. The van der Waals surface area contributed by atoms with Crippen molar-refractivity contribution in [3.8, 4) is 0 Å². The molecule has 0 aromatic carbocycles. The molecule has 0 radical (unpaired) electrons. The summed E-state index contributed by atoms with van der Waals surface area (Å²) < 4.78 is 4.71. The van der Waals surface area contributed by atoms with Gasteiger partial charge in [0.05, 0.1) is 19.1 Å². The molecule has 4 heteroatoms. The van der Waals surface area contributed by atoms with Crippen molar-refractivity contribution in [1.29, 1.82) is 0 Å². The molecule has 2 atom stereocenters. The molecule has 16 heavy (non-hydrogen) atoms. The molecule has 1 aliphatic rings. The number of ether oxygens (including phenoxy) is 1. The number of likely N-dealkylation sites (tertiary alicyclic amines) is 1. The molecule has 1 N–H and O–H groups in total. The molecule has 2 unspecified atom stereocenters. The Bertz CT molecular complexity index is 220. The van der Waals surface area contributed by atoms with Crippen LogP contribution in [0.2, 0.25) is 0 Å². The number of aliphatic hydroxyl groups is 1. The summed E-state index contributed by atoms with van der Waals surface area (Å²) in [5.74, 6) is -0.645. The SMILES string of the molecule is CCCCCN1CCC(O)C(C(=O)OC)C1. The first-order valence-electron chi connectivity index (χ1n) is 6.17. The van der Waals surface area contributed by atoms with E-state index in [-0.39, 0.29) is 11.9 Å². The van der Waals surface area contributed by atoms with E-state index in [4.69, 9.17) is 4.74 Å². The minimum Gasteiger partial charge on any atom is -0.469 e.